The van der Waals surface area contributed by atoms with E-state index in [0.29, 0.717) is 65.0 Å². The second kappa shape index (κ2) is 18.8. The number of ketones is 1. The average Bonchev–Trinajstić information content (AvgIpc) is 3.53. The Morgan fingerprint density at radius 2 is 1.78 bits per heavy atom. The van der Waals surface area contributed by atoms with Crippen molar-refractivity contribution in [2.45, 2.75) is 107 Å². The van der Waals surface area contributed by atoms with Crippen molar-refractivity contribution in [2.75, 3.05) is 19.0 Å². The first-order valence-corrected chi connectivity index (χ1v) is 24.8. The van der Waals surface area contributed by atoms with E-state index in [1.165, 1.54) is 28.4 Å². The van der Waals surface area contributed by atoms with Crippen LogP contribution in [-0.2, 0) is 32.9 Å². The van der Waals surface area contributed by atoms with Gasteiger partial charge in [0.05, 0.1) is 47.8 Å². The number of nitrogens with one attached hydrogen (secondary N) is 1. The Labute approximate surface area is 375 Å². The molecule has 2 fully saturated rings. The summed E-state index contributed by atoms with van der Waals surface area (Å²) in [5.74, 6) is -0.915. The van der Waals surface area contributed by atoms with Crippen molar-refractivity contribution in [1.82, 2.24) is 14.9 Å². The molecule has 1 aliphatic carbocycles. The van der Waals surface area contributed by atoms with Gasteiger partial charge in [-0.2, -0.15) is 13.2 Å². The van der Waals surface area contributed by atoms with Crippen LogP contribution in [0.5, 0.6) is 11.5 Å². The normalized spacial score (nSPS) is 24.6. The van der Waals surface area contributed by atoms with E-state index in [1.54, 1.807) is 43.5 Å². The predicted molar refractivity (Wildman–Crippen MR) is 244 cm³/mol. The SMILES string of the molecule is COc1ccc2c(O[C@@H]3C[C@H]4C(=O)C[C@]5(P(=O)(O)Cc6ccccc6)C[C@H]5/C=C\CCCCC[C@H](Cc5ccccc5C(F)(F)F)C(=O)N4C3)cc(-c3csc(NC(C)C)n3)nc2c1. The molecule has 0 bridgehead atoms. The lowest BCUT2D eigenvalue weighted by molar-refractivity contribution is -0.142. The lowest BCUT2D eigenvalue weighted by Crippen LogP contribution is -2.45. The van der Waals surface area contributed by atoms with Crippen LogP contribution in [0.3, 0.4) is 0 Å². The largest absolute Gasteiger partial charge is 0.497 e. The van der Waals surface area contributed by atoms with Gasteiger partial charge in [0, 0.05) is 47.7 Å². The topological polar surface area (TPSA) is 131 Å². The summed E-state index contributed by atoms with van der Waals surface area (Å²) in [4.78, 5) is 53.2. The number of hydrogen-bond donors (Lipinski definition) is 2. The summed E-state index contributed by atoms with van der Waals surface area (Å²) >= 11 is 1.45. The molecule has 0 spiro atoms. The molecule has 3 aromatic carbocycles. The minimum atomic E-state index is -4.62. The fourth-order valence-corrected chi connectivity index (χ4v) is 12.8. The molecule has 6 atom stereocenters. The van der Waals surface area contributed by atoms with Crippen LogP contribution in [0.15, 0.2) is 96.4 Å². The molecular weight excluding hydrogens is 861 g/mol. The summed E-state index contributed by atoms with van der Waals surface area (Å²) in [6.45, 7) is 4.03. The quantitative estimate of drug-likeness (QED) is 0.0982. The third-order valence-corrected chi connectivity index (χ3v) is 16.4. The minimum Gasteiger partial charge on any atom is -0.497 e. The molecule has 2 aromatic heterocycles. The van der Waals surface area contributed by atoms with Crippen molar-refractivity contribution in [2.24, 2.45) is 11.8 Å². The number of rotatable bonds is 11. The fraction of sp³-hybridized carbons (Fsp3) is 0.429. The highest BCUT2D eigenvalue weighted by Crippen LogP contribution is 2.74. The Morgan fingerprint density at radius 3 is 2.55 bits per heavy atom. The summed E-state index contributed by atoms with van der Waals surface area (Å²) in [5, 5.41) is 5.40. The van der Waals surface area contributed by atoms with Gasteiger partial charge < -0.3 is 24.6 Å². The molecule has 1 saturated heterocycles. The standard InChI is InChI=1S/C49H54F3N4O6PS/c1-31(2)53-47-55-42(30-64-47)41-25-45(38-21-20-36(61-3)23-40(38)54-41)62-37-24-43-44(57)27-48(63(59,60)29-32-14-8-7-9-15-32)26-35(48)18-11-6-4-5-10-17-34(46(58)56(43)28-37)22-33-16-12-13-19-39(33)49(50,51)52/h7-9,11-16,18-21,23,25,30-31,34-35,37,43H,4-6,10,17,22,24,26-29H2,1-3H3,(H,53,55)(H,59,60)/b18-11-/t34-,35-,37-,43+,48-/m1/s1. The summed E-state index contributed by atoms with van der Waals surface area (Å²) in [7, 11) is -2.45. The zero-order valence-corrected chi connectivity index (χ0v) is 37.9. The van der Waals surface area contributed by atoms with Crippen LogP contribution in [0.2, 0.25) is 0 Å². The number of anilines is 1. The van der Waals surface area contributed by atoms with Crippen LogP contribution in [0.4, 0.5) is 18.3 Å². The summed E-state index contributed by atoms with van der Waals surface area (Å²) in [6, 6.07) is 20.8. The Balaban J connectivity index is 1.17. The van der Waals surface area contributed by atoms with E-state index >= 15 is 4.79 Å². The monoisotopic (exact) mass is 914 g/mol. The molecule has 2 aliphatic heterocycles. The second-order valence-electron chi connectivity index (χ2n) is 17.7. The first-order valence-electron chi connectivity index (χ1n) is 22.0. The summed E-state index contributed by atoms with van der Waals surface area (Å²) in [6.07, 6.45) is 1.75. The first-order chi connectivity index (χ1) is 30.6. The average molecular weight is 915 g/mol. The third-order valence-electron chi connectivity index (χ3n) is 12.8. The predicted octanol–water partition coefficient (Wildman–Crippen LogP) is 11.1. The molecular formula is C49H54F3N4O6PS. The lowest BCUT2D eigenvalue weighted by Gasteiger charge is -2.30. The number of alkyl halides is 3. The molecule has 338 valence electrons. The number of benzene rings is 3. The number of allylic oxidation sites excluding steroid dienone is 2. The van der Waals surface area contributed by atoms with Gasteiger partial charge in [-0.1, -0.05) is 73.5 Å². The Morgan fingerprint density at radius 1 is 1.00 bits per heavy atom. The molecule has 1 saturated carbocycles. The third kappa shape index (κ3) is 9.94. The van der Waals surface area contributed by atoms with Crippen molar-refractivity contribution >= 4 is 46.4 Å². The number of carbonyl (C=O) groups is 2. The van der Waals surface area contributed by atoms with Crippen molar-refractivity contribution in [1.29, 1.82) is 0 Å². The van der Waals surface area contributed by atoms with E-state index in [2.05, 4.69) is 5.32 Å². The molecule has 8 rings (SSSR count). The highest BCUT2D eigenvalue weighted by Gasteiger charge is 2.65. The molecule has 10 nitrogen and oxygen atoms in total. The van der Waals surface area contributed by atoms with E-state index in [0.717, 1.165) is 24.0 Å². The fourth-order valence-electron chi connectivity index (χ4n) is 9.43. The van der Waals surface area contributed by atoms with E-state index in [4.69, 9.17) is 19.4 Å². The highest BCUT2D eigenvalue weighted by atomic mass is 32.1. The van der Waals surface area contributed by atoms with E-state index in [1.807, 2.05) is 55.6 Å². The van der Waals surface area contributed by atoms with Gasteiger partial charge in [0.15, 0.2) is 10.9 Å². The number of thiazole rings is 1. The Kier molecular flexibility index (Phi) is 13.4. The maximum Gasteiger partial charge on any atom is 0.416 e. The minimum absolute atomic E-state index is 0.0156. The smallest absolute Gasteiger partial charge is 0.416 e. The number of hydrogen-bond acceptors (Lipinski definition) is 9. The van der Waals surface area contributed by atoms with Crippen molar-refractivity contribution in [3.8, 4) is 22.9 Å². The zero-order chi connectivity index (χ0) is 45.2. The van der Waals surface area contributed by atoms with E-state index < -0.39 is 48.2 Å². The molecule has 3 aliphatic rings. The van der Waals surface area contributed by atoms with Gasteiger partial charge in [-0.15, -0.1) is 11.3 Å². The van der Waals surface area contributed by atoms with Crippen molar-refractivity contribution < 1.29 is 41.7 Å². The zero-order valence-electron chi connectivity index (χ0n) is 36.2. The molecule has 1 unspecified atom stereocenters. The molecule has 64 heavy (non-hydrogen) atoms. The molecule has 5 aromatic rings. The highest BCUT2D eigenvalue weighted by molar-refractivity contribution is 7.59. The summed E-state index contributed by atoms with van der Waals surface area (Å²) in [5.41, 5.74) is 1.66. The van der Waals surface area contributed by atoms with Gasteiger partial charge >= 0.3 is 6.18 Å². The second-order valence-corrected chi connectivity index (χ2v) is 21.2. The Hall–Kier alpha value is -5.04. The molecule has 2 N–H and O–H groups in total. The number of ether oxygens (including phenoxy) is 2. The van der Waals surface area contributed by atoms with Crippen LogP contribution in [-0.4, -0.2) is 68.4 Å². The van der Waals surface area contributed by atoms with Gasteiger partial charge in [-0.05, 0) is 81.2 Å². The molecule has 1 amide bonds. The first kappa shape index (κ1) is 45.5. The van der Waals surface area contributed by atoms with Crippen molar-refractivity contribution in [3.63, 3.8) is 0 Å². The Bertz CT molecular complexity index is 2570. The maximum absolute atomic E-state index is 15.1. The molecule has 0 radical (unpaired) electrons. The summed E-state index contributed by atoms with van der Waals surface area (Å²) < 4.78 is 70.0. The number of nitrogens with zero attached hydrogens (tertiary/aromatic N) is 3. The van der Waals surface area contributed by atoms with Gasteiger partial charge in [0.1, 0.15) is 23.3 Å². The number of carbonyl (C=O) groups excluding carboxylic acids is 2. The van der Waals surface area contributed by atoms with Gasteiger partial charge in [-0.25, -0.2) is 9.97 Å². The maximum atomic E-state index is 15.1. The number of amides is 1. The number of fused-ring (bicyclic) bond motifs is 3. The molecule has 15 heteroatoms. The van der Waals surface area contributed by atoms with Crippen LogP contribution in [0, 0.1) is 11.8 Å². The van der Waals surface area contributed by atoms with Crippen LogP contribution < -0.4 is 14.8 Å². The van der Waals surface area contributed by atoms with Gasteiger partial charge in [0.2, 0.25) is 13.3 Å². The van der Waals surface area contributed by atoms with E-state index in [-0.39, 0.29) is 55.3 Å². The van der Waals surface area contributed by atoms with Crippen LogP contribution in [0.25, 0.3) is 22.3 Å². The van der Waals surface area contributed by atoms with Gasteiger partial charge in [0.25, 0.3) is 0 Å². The van der Waals surface area contributed by atoms with E-state index in [9.17, 15) is 27.4 Å². The van der Waals surface area contributed by atoms with Crippen molar-refractivity contribution in [3.05, 3.63) is 113 Å². The van der Waals surface area contributed by atoms with Gasteiger partial charge in [-0.3, -0.25) is 14.2 Å². The number of pyridine rings is 1. The number of methoxy groups -OCH3 is 1. The van der Waals surface area contributed by atoms with Crippen LogP contribution >= 0.6 is 18.7 Å². The number of aromatic nitrogens is 2. The lowest BCUT2D eigenvalue weighted by atomic mass is 9.89. The number of Topliss-reactive ketones (excluding diaryl/α,β-unsaturated/α-hetero) is 1. The molecule has 4 heterocycles. The van der Waals surface area contributed by atoms with Crippen LogP contribution in [0.1, 0.15) is 81.9 Å². The number of halogens is 3.